The molecule has 0 aliphatic rings. The summed E-state index contributed by atoms with van der Waals surface area (Å²) in [5.74, 6) is -1.24. The Hall–Kier alpha value is -4.61. The predicted molar refractivity (Wildman–Crippen MR) is 117 cm³/mol. The van der Waals surface area contributed by atoms with Crippen LogP contribution in [-0.2, 0) is 13.1 Å². The van der Waals surface area contributed by atoms with E-state index in [4.69, 9.17) is 9.26 Å². The fourth-order valence-electron chi connectivity index (χ4n) is 3.20. The number of carbonyl (C=O) groups is 1. The summed E-state index contributed by atoms with van der Waals surface area (Å²) in [4.78, 5) is 42.0. The number of halogens is 1. The van der Waals surface area contributed by atoms with Crippen LogP contribution in [0, 0.1) is 5.82 Å². The van der Waals surface area contributed by atoms with Crippen LogP contribution in [0.4, 0.5) is 4.39 Å². The van der Waals surface area contributed by atoms with Gasteiger partial charge in [0.25, 0.3) is 5.56 Å². The summed E-state index contributed by atoms with van der Waals surface area (Å²) in [6.07, 6.45) is 0. The van der Waals surface area contributed by atoms with Crippen molar-refractivity contribution in [2.24, 2.45) is 0 Å². The molecule has 4 rings (SSSR count). The number of nitrogens with one attached hydrogen (secondary N) is 1. The zero-order valence-electron chi connectivity index (χ0n) is 18.2. The number of carbonyl (C=O) groups excluding carboxylic acids is 1. The Morgan fingerprint density at radius 2 is 1.88 bits per heavy atom. The molecule has 0 spiro atoms. The molecule has 0 saturated heterocycles. The molecule has 0 unspecified atom stereocenters. The molecule has 0 atom stereocenters. The summed E-state index contributed by atoms with van der Waals surface area (Å²) in [6, 6.07) is 12.1. The van der Waals surface area contributed by atoms with Gasteiger partial charge >= 0.3 is 17.5 Å². The minimum atomic E-state index is -0.757. The van der Waals surface area contributed by atoms with E-state index in [1.54, 1.807) is 31.2 Å². The molecule has 0 saturated carbocycles. The van der Waals surface area contributed by atoms with Crippen molar-refractivity contribution in [2.45, 2.75) is 20.0 Å². The molecular formula is C22H19FN6O5. The highest BCUT2D eigenvalue weighted by Gasteiger charge is 2.22. The first kappa shape index (κ1) is 22.6. The van der Waals surface area contributed by atoms with Crippen molar-refractivity contribution in [3.05, 3.63) is 86.6 Å². The number of amides is 1. The van der Waals surface area contributed by atoms with Gasteiger partial charge in [0.2, 0.25) is 5.82 Å². The smallest absolute Gasteiger partial charge is 0.352 e. The standard InChI is InChI=1S/C22H19FN6O5/c1-3-28-21(31)17(26-29(22(28)32)15-10-8-14(23)9-11-15)18-25-20(34-27-18)19(30)24-12-13-6-4-5-7-16(13)33-2/h4-11H,3,12H2,1-2H3,(H,24,30). The van der Waals surface area contributed by atoms with Gasteiger partial charge < -0.3 is 14.6 Å². The molecule has 2 aromatic carbocycles. The van der Waals surface area contributed by atoms with Crippen molar-refractivity contribution < 1.29 is 18.4 Å². The first-order chi connectivity index (χ1) is 16.4. The van der Waals surface area contributed by atoms with E-state index < -0.39 is 28.9 Å². The van der Waals surface area contributed by atoms with E-state index in [1.165, 1.54) is 19.2 Å². The number of aromatic nitrogens is 5. The van der Waals surface area contributed by atoms with Gasteiger partial charge in [-0.1, -0.05) is 23.4 Å². The highest BCUT2D eigenvalue weighted by molar-refractivity contribution is 5.89. The molecule has 2 heterocycles. The molecule has 34 heavy (non-hydrogen) atoms. The number of para-hydroxylation sites is 1. The van der Waals surface area contributed by atoms with Gasteiger partial charge in [0.05, 0.1) is 12.8 Å². The highest BCUT2D eigenvalue weighted by Crippen LogP contribution is 2.17. The third-order valence-corrected chi connectivity index (χ3v) is 4.91. The lowest BCUT2D eigenvalue weighted by atomic mass is 10.2. The van der Waals surface area contributed by atoms with Gasteiger partial charge in [-0.3, -0.25) is 14.2 Å². The largest absolute Gasteiger partial charge is 0.496 e. The van der Waals surface area contributed by atoms with E-state index in [0.717, 1.165) is 26.9 Å². The summed E-state index contributed by atoms with van der Waals surface area (Å²) in [5, 5.41) is 10.4. The maximum atomic E-state index is 13.3. The third kappa shape index (κ3) is 4.33. The summed E-state index contributed by atoms with van der Waals surface area (Å²) in [7, 11) is 1.52. The van der Waals surface area contributed by atoms with Gasteiger partial charge in [-0.2, -0.15) is 14.8 Å². The highest BCUT2D eigenvalue weighted by atomic mass is 19.1. The van der Waals surface area contributed by atoms with Gasteiger partial charge in [-0.15, -0.1) is 0 Å². The number of hydrogen-bond donors (Lipinski definition) is 1. The van der Waals surface area contributed by atoms with E-state index in [2.05, 4.69) is 20.6 Å². The van der Waals surface area contributed by atoms with Crippen LogP contribution in [0.2, 0.25) is 0 Å². The summed E-state index contributed by atoms with van der Waals surface area (Å²) >= 11 is 0. The Morgan fingerprint density at radius 3 is 2.59 bits per heavy atom. The van der Waals surface area contributed by atoms with Crippen molar-refractivity contribution in [3.63, 3.8) is 0 Å². The van der Waals surface area contributed by atoms with Crippen LogP contribution in [0.1, 0.15) is 23.2 Å². The number of benzene rings is 2. The predicted octanol–water partition coefficient (Wildman–Crippen LogP) is 1.54. The summed E-state index contributed by atoms with van der Waals surface area (Å²) in [5.41, 5.74) is -0.822. The maximum Gasteiger partial charge on any atom is 0.352 e. The second-order valence-electron chi connectivity index (χ2n) is 6.99. The van der Waals surface area contributed by atoms with Crippen LogP contribution in [0.5, 0.6) is 5.75 Å². The zero-order chi connectivity index (χ0) is 24.2. The second kappa shape index (κ2) is 9.48. The lowest BCUT2D eigenvalue weighted by Crippen LogP contribution is -2.41. The van der Waals surface area contributed by atoms with Crippen molar-refractivity contribution in [3.8, 4) is 23.0 Å². The zero-order valence-corrected chi connectivity index (χ0v) is 18.2. The van der Waals surface area contributed by atoms with Gasteiger partial charge in [0.1, 0.15) is 11.6 Å². The summed E-state index contributed by atoms with van der Waals surface area (Å²) in [6.45, 7) is 1.78. The van der Waals surface area contributed by atoms with E-state index in [-0.39, 0.29) is 30.3 Å². The number of nitrogens with zero attached hydrogens (tertiary/aromatic N) is 5. The van der Waals surface area contributed by atoms with Gasteiger partial charge in [0.15, 0.2) is 5.69 Å². The van der Waals surface area contributed by atoms with Crippen LogP contribution in [0.15, 0.2) is 62.6 Å². The molecule has 174 valence electrons. The summed E-state index contributed by atoms with van der Waals surface area (Å²) < 4.78 is 25.4. The third-order valence-electron chi connectivity index (χ3n) is 4.91. The normalized spacial score (nSPS) is 10.8. The molecule has 4 aromatic rings. The number of hydrogen-bond acceptors (Lipinski definition) is 8. The monoisotopic (exact) mass is 466 g/mol. The minimum absolute atomic E-state index is 0.0402. The van der Waals surface area contributed by atoms with Crippen LogP contribution >= 0.6 is 0 Å². The number of methoxy groups -OCH3 is 1. The molecule has 0 aliphatic carbocycles. The minimum Gasteiger partial charge on any atom is -0.496 e. The first-order valence-corrected chi connectivity index (χ1v) is 10.2. The molecule has 0 radical (unpaired) electrons. The Kier molecular flexibility index (Phi) is 6.30. The molecule has 0 fully saturated rings. The van der Waals surface area contributed by atoms with Crippen LogP contribution in [0.3, 0.4) is 0 Å². The van der Waals surface area contributed by atoms with E-state index in [1.807, 2.05) is 0 Å². The van der Waals surface area contributed by atoms with Crippen molar-refractivity contribution in [2.75, 3.05) is 7.11 Å². The lowest BCUT2D eigenvalue weighted by Gasteiger charge is -2.09. The molecular weight excluding hydrogens is 447 g/mol. The van der Waals surface area contributed by atoms with E-state index >= 15 is 0 Å². The Morgan fingerprint density at radius 1 is 1.15 bits per heavy atom. The fourth-order valence-corrected chi connectivity index (χ4v) is 3.20. The molecule has 1 amide bonds. The first-order valence-electron chi connectivity index (χ1n) is 10.2. The molecule has 1 N–H and O–H groups in total. The van der Waals surface area contributed by atoms with E-state index in [9.17, 15) is 18.8 Å². The fraction of sp³-hybridized carbons (Fsp3) is 0.182. The molecule has 12 heteroatoms. The van der Waals surface area contributed by atoms with E-state index in [0.29, 0.717) is 5.75 Å². The second-order valence-corrected chi connectivity index (χ2v) is 6.99. The Bertz CT molecular complexity index is 1460. The quantitative estimate of drug-likeness (QED) is 0.434. The number of rotatable bonds is 7. The molecule has 2 aromatic heterocycles. The maximum absolute atomic E-state index is 13.3. The average molecular weight is 466 g/mol. The lowest BCUT2D eigenvalue weighted by molar-refractivity contribution is 0.0906. The Balaban J connectivity index is 1.65. The van der Waals surface area contributed by atoms with Crippen LogP contribution in [-0.4, -0.2) is 37.5 Å². The van der Waals surface area contributed by atoms with Crippen molar-refractivity contribution >= 4 is 5.91 Å². The van der Waals surface area contributed by atoms with Gasteiger partial charge in [-0.25, -0.2) is 9.18 Å². The van der Waals surface area contributed by atoms with Crippen molar-refractivity contribution in [1.29, 1.82) is 0 Å². The van der Waals surface area contributed by atoms with Gasteiger partial charge in [-0.05, 0) is 37.3 Å². The molecule has 11 nitrogen and oxygen atoms in total. The Labute approximate surface area is 191 Å². The van der Waals surface area contributed by atoms with Gasteiger partial charge in [0, 0.05) is 18.7 Å². The topological polar surface area (TPSA) is 134 Å². The van der Waals surface area contributed by atoms with Crippen molar-refractivity contribution in [1.82, 2.24) is 29.8 Å². The molecule has 0 aliphatic heterocycles. The molecule has 0 bridgehead atoms. The van der Waals surface area contributed by atoms with Crippen LogP contribution < -0.4 is 21.3 Å². The SMILES string of the molecule is CCn1c(=O)c(-c2noc(C(=O)NCc3ccccc3OC)n2)nn(-c2ccc(F)cc2)c1=O. The number of ether oxygens (including phenoxy) is 1. The average Bonchev–Trinajstić information content (AvgIpc) is 3.34. The van der Waals surface area contributed by atoms with Crippen LogP contribution in [0.25, 0.3) is 17.2 Å².